The van der Waals surface area contributed by atoms with Crippen LogP contribution in [0.1, 0.15) is 34.6 Å². The summed E-state index contributed by atoms with van der Waals surface area (Å²) in [5, 5.41) is 0. The van der Waals surface area contributed by atoms with Gasteiger partial charge in [0, 0.05) is 0 Å². The second kappa shape index (κ2) is 4.76. The van der Waals surface area contributed by atoms with Gasteiger partial charge < -0.3 is 5.92 Å². The van der Waals surface area contributed by atoms with Gasteiger partial charge in [-0.05, 0) is 0 Å². The van der Waals surface area contributed by atoms with Gasteiger partial charge in [0.25, 0.3) is 0 Å². The Bertz CT molecular complexity index is 77.2. The summed E-state index contributed by atoms with van der Waals surface area (Å²) in [7, 11) is 0. The summed E-state index contributed by atoms with van der Waals surface area (Å²) in [6, 6.07) is 0. The van der Waals surface area contributed by atoms with Crippen LogP contribution in [0.5, 0.6) is 0 Å². The Balaban J connectivity index is 0.000001000. The Morgan fingerprint density at radius 2 is 1.09 bits per heavy atom. The van der Waals surface area contributed by atoms with E-state index in [1.54, 1.807) is 5.92 Å². The quantitative estimate of drug-likeness (QED) is 0.366. The summed E-state index contributed by atoms with van der Waals surface area (Å²) in [5.41, 5.74) is 0. The summed E-state index contributed by atoms with van der Waals surface area (Å²) in [4.78, 5) is 0. The zero-order valence-electron chi connectivity index (χ0n) is 8.81. The first-order chi connectivity index (χ1) is 4.55. The molecule has 4 unspecified atom stereocenters. The third kappa shape index (κ3) is 2.31. The first-order valence-corrected chi connectivity index (χ1v) is 4.39. The van der Waals surface area contributed by atoms with Crippen LogP contribution in [0.2, 0.25) is 0 Å². The smallest absolute Gasteiger partial charge is 0.311 e. The fraction of sp³-hybridized carbons (Fsp3) is 0.900. The predicted molar refractivity (Wildman–Crippen MR) is 45.6 cm³/mol. The molecule has 0 saturated heterocycles. The van der Waals surface area contributed by atoms with Crippen molar-refractivity contribution in [2.24, 2.45) is 23.7 Å². The van der Waals surface area contributed by atoms with E-state index in [1.807, 2.05) is 0 Å². The molecule has 4 atom stereocenters. The van der Waals surface area contributed by atoms with Gasteiger partial charge in [0.1, 0.15) is 0 Å². The van der Waals surface area contributed by atoms with Crippen LogP contribution in [0, 0.1) is 29.6 Å². The van der Waals surface area contributed by atoms with Crippen LogP contribution in [0.4, 0.5) is 0 Å². The third-order valence-corrected chi connectivity index (χ3v) is 3.84. The number of rotatable bonds is 0. The van der Waals surface area contributed by atoms with Crippen molar-refractivity contribution < 1.29 is 51.4 Å². The molecule has 0 bridgehead atoms. The molecule has 1 heteroatoms. The summed E-state index contributed by atoms with van der Waals surface area (Å²) in [6.07, 6.45) is 0. The molecule has 0 aliphatic heterocycles. The zero-order valence-corrected chi connectivity index (χ0v) is 11.9. The maximum Gasteiger partial charge on any atom is 1.00 e. The van der Waals surface area contributed by atoms with Crippen LogP contribution in [0.25, 0.3) is 0 Å². The Labute approximate surface area is 114 Å². The van der Waals surface area contributed by atoms with Crippen molar-refractivity contribution in [3.63, 3.8) is 0 Å². The average Bonchev–Trinajstić information content (AvgIpc) is 2.07. The average molecular weight is 178 g/mol. The maximum atomic E-state index is 2.38. The normalized spacial score (nSPS) is 45.5. The zero-order chi connectivity index (χ0) is 7.89. The van der Waals surface area contributed by atoms with Gasteiger partial charge >= 0.3 is 51.4 Å². The Morgan fingerprint density at radius 1 is 0.818 bits per heavy atom. The van der Waals surface area contributed by atoms with Crippen molar-refractivity contribution in [1.29, 1.82) is 0 Å². The molecule has 1 fully saturated rings. The van der Waals surface area contributed by atoms with E-state index in [0.29, 0.717) is 0 Å². The molecule has 1 rings (SSSR count). The van der Waals surface area contributed by atoms with Gasteiger partial charge in [0.05, 0.1) is 0 Å². The SMILES string of the molecule is C[C-]1C(C)C(C)C(C)C1C.[K+]. The second-order valence-electron chi connectivity index (χ2n) is 4.04. The van der Waals surface area contributed by atoms with Crippen molar-refractivity contribution in [3.05, 3.63) is 5.92 Å². The first kappa shape index (κ1) is 12.6. The van der Waals surface area contributed by atoms with E-state index < -0.39 is 0 Å². The summed E-state index contributed by atoms with van der Waals surface area (Å²) in [6.45, 7) is 11.8. The van der Waals surface area contributed by atoms with Gasteiger partial charge in [0.2, 0.25) is 0 Å². The topological polar surface area (TPSA) is 0 Å². The van der Waals surface area contributed by atoms with Crippen molar-refractivity contribution >= 4 is 0 Å². The van der Waals surface area contributed by atoms with E-state index in [0.717, 1.165) is 23.7 Å². The van der Waals surface area contributed by atoms with E-state index in [4.69, 9.17) is 0 Å². The van der Waals surface area contributed by atoms with Gasteiger partial charge in [-0.25, -0.2) is 0 Å². The van der Waals surface area contributed by atoms with Crippen LogP contribution in [0.3, 0.4) is 0 Å². The molecule has 0 aromatic carbocycles. The number of hydrogen-bond acceptors (Lipinski definition) is 0. The van der Waals surface area contributed by atoms with Crippen molar-refractivity contribution in [2.45, 2.75) is 34.6 Å². The molecule has 1 aliphatic carbocycles. The minimum atomic E-state index is 0. The molecule has 1 saturated carbocycles. The summed E-state index contributed by atoms with van der Waals surface area (Å²) in [5.74, 6) is 5.21. The largest absolute Gasteiger partial charge is 1.00 e. The van der Waals surface area contributed by atoms with E-state index in [9.17, 15) is 0 Å². The number of hydrogen-bond donors (Lipinski definition) is 0. The monoisotopic (exact) mass is 178 g/mol. The molecule has 0 radical (unpaired) electrons. The molecule has 0 spiro atoms. The molecule has 0 N–H and O–H groups in total. The van der Waals surface area contributed by atoms with Crippen LogP contribution in [-0.4, -0.2) is 0 Å². The first-order valence-electron chi connectivity index (χ1n) is 4.39. The molecule has 1 aliphatic rings. The van der Waals surface area contributed by atoms with Crippen molar-refractivity contribution in [2.75, 3.05) is 0 Å². The Hall–Kier alpha value is 1.64. The van der Waals surface area contributed by atoms with Gasteiger partial charge in [-0.2, -0.15) is 18.8 Å². The minimum absolute atomic E-state index is 0. The fourth-order valence-electron chi connectivity index (χ4n) is 2.15. The molecular formula is C10H19K. The van der Waals surface area contributed by atoms with Gasteiger partial charge in [0.15, 0.2) is 0 Å². The Kier molecular flexibility index (Phi) is 5.46. The third-order valence-electron chi connectivity index (χ3n) is 3.84. The molecule has 0 aromatic rings. The van der Waals surface area contributed by atoms with E-state index >= 15 is 0 Å². The molecule has 0 aromatic heterocycles. The molecule has 11 heavy (non-hydrogen) atoms. The molecule has 0 heterocycles. The Morgan fingerprint density at radius 3 is 1.18 bits per heavy atom. The van der Waals surface area contributed by atoms with Crippen LogP contribution >= 0.6 is 0 Å². The fourth-order valence-corrected chi connectivity index (χ4v) is 2.15. The van der Waals surface area contributed by atoms with Gasteiger partial charge in [-0.15, -0.1) is 0 Å². The van der Waals surface area contributed by atoms with Crippen molar-refractivity contribution in [1.82, 2.24) is 0 Å². The van der Waals surface area contributed by atoms with Crippen LogP contribution in [-0.2, 0) is 0 Å². The molecule has 60 valence electrons. The predicted octanol–water partition coefficient (Wildman–Crippen LogP) is 0.143. The molecule has 0 amide bonds. The summed E-state index contributed by atoms with van der Waals surface area (Å²) >= 11 is 0. The van der Waals surface area contributed by atoms with E-state index in [-0.39, 0.29) is 51.4 Å². The van der Waals surface area contributed by atoms with Crippen LogP contribution in [0.15, 0.2) is 0 Å². The second-order valence-corrected chi connectivity index (χ2v) is 4.04. The van der Waals surface area contributed by atoms with Gasteiger partial charge in [-0.3, -0.25) is 0 Å². The van der Waals surface area contributed by atoms with E-state index in [2.05, 4.69) is 34.6 Å². The van der Waals surface area contributed by atoms with Crippen LogP contribution < -0.4 is 51.4 Å². The summed E-state index contributed by atoms with van der Waals surface area (Å²) < 4.78 is 0. The molecular weight excluding hydrogens is 159 g/mol. The molecule has 0 nitrogen and oxygen atoms in total. The van der Waals surface area contributed by atoms with Gasteiger partial charge in [-0.1, -0.05) is 39.5 Å². The van der Waals surface area contributed by atoms with Crippen molar-refractivity contribution in [3.8, 4) is 0 Å². The standard InChI is InChI=1S/C10H19.K/c1-6-7(2)9(4)10(5)8(6)3;/h6-9H,1-5H3;/q-1;+1. The maximum absolute atomic E-state index is 2.38. The minimum Gasteiger partial charge on any atom is -0.311 e. The van der Waals surface area contributed by atoms with E-state index in [1.165, 1.54) is 0 Å².